The molecule has 0 N–H and O–H groups in total. The maximum absolute atomic E-state index is 11.3. The first-order valence-electron chi connectivity index (χ1n) is 4.45. The van der Waals surface area contributed by atoms with Crippen molar-refractivity contribution in [2.45, 2.75) is 25.7 Å². The number of hydrogen-bond acceptors (Lipinski definition) is 3. The Kier molecular flexibility index (Phi) is 1.87. The summed E-state index contributed by atoms with van der Waals surface area (Å²) in [5, 5.41) is 0. The van der Waals surface area contributed by atoms with E-state index in [0.717, 1.165) is 12.8 Å². The maximum atomic E-state index is 11.3. The summed E-state index contributed by atoms with van der Waals surface area (Å²) < 4.78 is 4.86. The first kappa shape index (κ1) is 7.77. The normalized spacial score (nSPS) is 35.7. The first-order chi connectivity index (χ1) is 5.77. The Bertz CT molecular complexity index is 222. The highest BCUT2D eigenvalue weighted by molar-refractivity contribution is 5.84. The molecule has 0 aromatic rings. The van der Waals surface area contributed by atoms with E-state index in [1.54, 1.807) is 0 Å². The van der Waals surface area contributed by atoms with Crippen molar-refractivity contribution in [3.8, 4) is 0 Å². The Morgan fingerprint density at radius 2 is 2.17 bits per heavy atom. The van der Waals surface area contributed by atoms with Crippen molar-refractivity contribution in [1.82, 2.24) is 0 Å². The highest BCUT2D eigenvalue weighted by Gasteiger charge is 2.37. The number of ether oxygens (including phenoxy) is 1. The van der Waals surface area contributed by atoms with Gasteiger partial charge in [-0.3, -0.25) is 9.59 Å². The fraction of sp³-hybridized carbons (Fsp3) is 0.778. The second-order valence-electron chi connectivity index (χ2n) is 3.61. The van der Waals surface area contributed by atoms with Crippen molar-refractivity contribution < 1.29 is 14.3 Å². The number of carbonyl (C=O) groups is 2. The lowest BCUT2D eigenvalue weighted by atomic mass is 9.76. The predicted molar refractivity (Wildman–Crippen MR) is 41.4 cm³/mol. The fourth-order valence-corrected chi connectivity index (χ4v) is 2.12. The molecule has 1 saturated heterocycles. The van der Waals surface area contributed by atoms with E-state index >= 15 is 0 Å². The highest BCUT2D eigenvalue weighted by atomic mass is 16.5. The third kappa shape index (κ3) is 1.24. The van der Waals surface area contributed by atoms with Crippen molar-refractivity contribution in [2.75, 3.05) is 6.61 Å². The second kappa shape index (κ2) is 2.88. The molecule has 66 valence electrons. The Morgan fingerprint density at radius 3 is 3.00 bits per heavy atom. The molecule has 0 spiro atoms. The van der Waals surface area contributed by atoms with Crippen LogP contribution in [0.4, 0.5) is 0 Å². The van der Waals surface area contributed by atoms with E-state index in [0.29, 0.717) is 25.2 Å². The quantitative estimate of drug-likeness (QED) is 0.505. The molecule has 3 nitrogen and oxygen atoms in total. The zero-order chi connectivity index (χ0) is 8.55. The van der Waals surface area contributed by atoms with Gasteiger partial charge in [0, 0.05) is 12.8 Å². The van der Waals surface area contributed by atoms with Gasteiger partial charge in [0.25, 0.3) is 0 Å². The number of carbonyl (C=O) groups excluding carboxylic acids is 2. The Morgan fingerprint density at radius 1 is 1.33 bits per heavy atom. The van der Waals surface area contributed by atoms with Gasteiger partial charge in [0.15, 0.2) is 0 Å². The van der Waals surface area contributed by atoms with Crippen LogP contribution in [0.2, 0.25) is 0 Å². The number of cyclic esters (lactones) is 1. The van der Waals surface area contributed by atoms with Crippen molar-refractivity contribution in [3.05, 3.63) is 0 Å². The maximum Gasteiger partial charge on any atom is 0.306 e. The van der Waals surface area contributed by atoms with Gasteiger partial charge < -0.3 is 4.74 Å². The molecule has 2 atom stereocenters. The number of ketones is 1. The van der Waals surface area contributed by atoms with Gasteiger partial charge in [-0.2, -0.15) is 0 Å². The predicted octanol–water partition coefficient (Wildman–Crippen LogP) is 0.919. The summed E-state index contributed by atoms with van der Waals surface area (Å²) in [6.45, 7) is 0.336. The van der Waals surface area contributed by atoms with E-state index in [2.05, 4.69) is 0 Å². The molecule has 1 aliphatic carbocycles. The van der Waals surface area contributed by atoms with E-state index < -0.39 is 0 Å². The van der Waals surface area contributed by atoms with Crippen molar-refractivity contribution >= 4 is 11.8 Å². The summed E-state index contributed by atoms with van der Waals surface area (Å²) in [7, 11) is 0. The monoisotopic (exact) mass is 168 g/mol. The largest absolute Gasteiger partial charge is 0.465 e. The van der Waals surface area contributed by atoms with Crippen molar-refractivity contribution in [2.24, 2.45) is 11.8 Å². The molecule has 0 aromatic carbocycles. The van der Waals surface area contributed by atoms with Crippen LogP contribution in [0, 0.1) is 11.8 Å². The lowest BCUT2D eigenvalue weighted by molar-refractivity contribution is -0.157. The molecule has 1 aliphatic heterocycles. The summed E-state index contributed by atoms with van der Waals surface area (Å²) in [5.74, 6) is 0.466. The van der Waals surface area contributed by atoms with Crippen LogP contribution in [-0.4, -0.2) is 18.4 Å². The van der Waals surface area contributed by atoms with Crippen molar-refractivity contribution in [1.29, 1.82) is 0 Å². The van der Waals surface area contributed by atoms with E-state index in [1.165, 1.54) is 0 Å². The van der Waals surface area contributed by atoms with Crippen LogP contribution in [0.1, 0.15) is 25.7 Å². The second-order valence-corrected chi connectivity index (χ2v) is 3.61. The van der Waals surface area contributed by atoms with E-state index in [-0.39, 0.29) is 17.8 Å². The molecule has 0 aromatic heterocycles. The minimum Gasteiger partial charge on any atom is -0.465 e. The molecule has 0 bridgehead atoms. The molecule has 0 amide bonds. The molecule has 0 unspecified atom stereocenters. The van der Waals surface area contributed by atoms with Gasteiger partial charge in [-0.05, 0) is 18.8 Å². The molecule has 0 radical (unpaired) electrons. The minimum absolute atomic E-state index is 0.0245. The van der Waals surface area contributed by atoms with Crippen molar-refractivity contribution in [3.63, 3.8) is 0 Å². The average Bonchev–Trinajstić information content (AvgIpc) is 2.04. The van der Waals surface area contributed by atoms with Gasteiger partial charge in [0.05, 0.1) is 5.92 Å². The van der Waals surface area contributed by atoms with Gasteiger partial charge >= 0.3 is 5.97 Å². The molecule has 2 fully saturated rings. The molecular weight excluding hydrogens is 156 g/mol. The van der Waals surface area contributed by atoms with Gasteiger partial charge in [0.2, 0.25) is 0 Å². The topological polar surface area (TPSA) is 43.4 Å². The Labute approximate surface area is 71.1 Å². The van der Waals surface area contributed by atoms with Gasteiger partial charge in [-0.25, -0.2) is 0 Å². The Hall–Kier alpha value is -0.860. The third-order valence-corrected chi connectivity index (χ3v) is 2.83. The van der Waals surface area contributed by atoms with Crippen LogP contribution in [0.3, 0.4) is 0 Å². The third-order valence-electron chi connectivity index (χ3n) is 2.83. The lowest BCUT2D eigenvalue weighted by Gasteiger charge is -2.32. The molecule has 2 rings (SSSR count). The molecule has 3 heteroatoms. The number of Topliss-reactive ketones (excluding diaryl/α,β-unsaturated/α-hetero) is 1. The number of esters is 1. The first-order valence-corrected chi connectivity index (χ1v) is 4.45. The molecular formula is C9H12O3. The van der Waals surface area contributed by atoms with E-state index in [4.69, 9.17) is 4.74 Å². The smallest absolute Gasteiger partial charge is 0.306 e. The van der Waals surface area contributed by atoms with Gasteiger partial charge in [-0.15, -0.1) is 0 Å². The number of rotatable bonds is 0. The molecule has 1 heterocycles. The summed E-state index contributed by atoms with van der Waals surface area (Å²) in [4.78, 5) is 22.2. The summed E-state index contributed by atoms with van der Waals surface area (Å²) in [6.07, 6.45) is 3.11. The molecule has 12 heavy (non-hydrogen) atoms. The summed E-state index contributed by atoms with van der Waals surface area (Å²) in [6, 6.07) is 0. The highest BCUT2D eigenvalue weighted by Crippen LogP contribution is 2.33. The number of hydrogen-bond donors (Lipinski definition) is 0. The summed E-state index contributed by atoms with van der Waals surface area (Å²) >= 11 is 0. The molecule has 2 aliphatic rings. The zero-order valence-corrected chi connectivity index (χ0v) is 6.91. The van der Waals surface area contributed by atoms with Crippen LogP contribution in [0.15, 0.2) is 0 Å². The van der Waals surface area contributed by atoms with E-state index in [1.807, 2.05) is 0 Å². The zero-order valence-electron chi connectivity index (χ0n) is 6.91. The van der Waals surface area contributed by atoms with Crippen LogP contribution in [-0.2, 0) is 14.3 Å². The standard InChI is InChI=1S/C9H12O3/c10-8-3-1-2-6-4-9(11)12-5-7(6)8/h6-7H,1-5H2/t6-,7-/m0/s1. The van der Waals surface area contributed by atoms with Crippen LogP contribution >= 0.6 is 0 Å². The van der Waals surface area contributed by atoms with Crippen LogP contribution in [0.5, 0.6) is 0 Å². The Balaban J connectivity index is 2.09. The number of fused-ring (bicyclic) bond motifs is 1. The summed E-state index contributed by atoms with van der Waals surface area (Å²) in [5.41, 5.74) is 0. The van der Waals surface area contributed by atoms with Crippen LogP contribution < -0.4 is 0 Å². The van der Waals surface area contributed by atoms with Gasteiger partial charge in [0.1, 0.15) is 12.4 Å². The SMILES string of the molecule is O=C1C[C@@H]2CCCC(=O)[C@H]2CO1. The minimum atomic E-state index is -0.133. The molecule has 1 saturated carbocycles. The lowest BCUT2D eigenvalue weighted by Crippen LogP contribution is -2.38. The fourth-order valence-electron chi connectivity index (χ4n) is 2.12. The van der Waals surface area contributed by atoms with Crippen LogP contribution in [0.25, 0.3) is 0 Å². The van der Waals surface area contributed by atoms with Gasteiger partial charge in [-0.1, -0.05) is 0 Å². The van der Waals surface area contributed by atoms with E-state index in [9.17, 15) is 9.59 Å². The average molecular weight is 168 g/mol.